The van der Waals surface area contributed by atoms with Crippen LogP contribution in [0.3, 0.4) is 0 Å². The smallest absolute Gasteiger partial charge is 0.222 e. The van der Waals surface area contributed by atoms with Gasteiger partial charge in [0.25, 0.3) is 0 Å². The molecule has 0 bridgehead atoms. The van der Waals surface area contributed by atoms with Crippen molar-refractivity contribution in [2.24, 2.45) is 10.7 Å². The number of nitrogens with one attached hydrogen (secondary N) is 1. The fourth-order valence-corrected chi connectivity index (χ4v) is 2.99. The number of aliphatic imine (C=N–C) groups is 1. The third-order valence-corrected chi connectivity index (χ3v) is 4.46. The molecule has 0 spiro atoms. The van der Waals surface area contributed by atoms with Crippen LogP contribution in [0.4, 0.5) is 0 Å². The number of carbonyl (C=O) groups excluding carboxylic acids is 1. The normalized spacial score (nSPS) is 13.2. The minimum atomic E-state index is 0. The predicted octanol–water partition coefficient (Wildman–Crippen LogP) is 2.47. The molecule has 1 aromatic carbocycles. The Morgan fingerprint density at radius 1 is 1.29 bits per heavy atom. The quantitative estimate of drug-likeness (QED) is 0.188. The summed E-state index contributed by atoms with van der Waals surface area (Å²) in [5, 5.41) is 3.03. The Balaban J connectivity index is 0.00000392. The number of guanidine groups is 1. The molecule has 0 fully saturated rings. The molecule has 1 aliphatic heterocycles. The summed E-state index contributed by atoms with van der Waals surface area (Å²) >= 11 is 0. The minimum absolute atomic E-state index is 0. The molecule has 3 N–H and O–H groups in total. The molecule has 1 aromatic rings. The first kappa shape index (κ1) is 24.1. The standard InChI is InChI=1S/C20H30N4O3.HI/c1-14(2)12-23-20(21)22-8-5-6-19(25)24-9-7-15-10-17(26-3)18(27-4)11-16(15)13-24;/h10-11H,1,5-9,12-13H2,2-4H3,(H3,21,22,23);1H. The van der Waals surface area contributed by atoms with E-state index in [0.717, 1.165) is 29.9 Å². The van der Waals surface area contributed by atoms with E-state index < -0.39 is 0 Å². The number of fused-ring (bicyclic) bond motifs is 1. The Morgan fingerprint density at radius 2 is 1.93 bits per heavy atom. The topological polar surface area (TPSA) is 89.2 Å². The van der Waals surface area contributed by atoms with Crippen LogP contribution < -0.4 is 20.5 Å². The van der Waals surface area contributed by atoms with Gasteiger partial charge in [0.15, 0.2) is 17.5 Å². The molecule has 28 heavy (non-hydrogen) atoms. The van der Waals surface area contributed by atoms with Gasteiger partial charge in [0.1, 0.15) is 0 Å². The summed E-state index contributed by atoms with van der Waals surface area (Å²) in [6.07, 6.45) is 2.00. The van der Waals surface area contributed by atoms with Gasteiger partial charge >= 0.3 is 0 Å². The van der Waals surface area contributed by atoms with E-state index in [2.05, 4.69) is 16.9 Å². The van der Waals surface area contributed by atoms with Crippen molar-refractivity contribution in [3.8, 4) is 11.5 Å². The molecule has 0 unspecified atom stereocenters. The summed E-state index contributed by atoms with van der Waals surface area (Å²) in [5.41, 5.74) is 9.04. The number of methoxy groups -OCH3 is 2. The highest BCUT2D eigenvalue weighted by Gasteiger charge is 2.22. The Labute approximate surface area is 184 Å². The van der Waals surface area contributed by atoms with E-state index in [9.17, 15) is 4.79 Å². The summed E-state index contributed by atoms with van der Waals surface area (Å²) < 4.78 is 10.7. The maximum absolute atomic E-state index is 12.5. The average molecular weight is 502 g/mol. The van der Waals surface area contributed by atoms with E-state index in [0.29, 0.717) is 44.2 Å². The molecule has 0 aliphatic carbocycles. The fraction of sp³-hybridized carbons (Fsp3) is 0.500. The van der Waals surface area contributed by atoms with Gasteiger partial charge in [-0.3, -0.25) is 4.79 Å². The number of nitrogens with zero attached hydrogens (tertiary/aromatic N) is 2. The number of nitrogens with two attached hydrogens (primary N) is 1. The molecule has 1 heterocycles. The predicted molar refractivity (Wildman–Crippen MR) is 123 cm³/mol. The number of benzene rings is 1. The van der Waals surface area contributed by atoms with Crippen molar-refractivity contribution >= 4 is 35.8 Å². The average Bonchev–Trinajstić information content (AvgIpc) is 2.67. The summed E-state index contributed by atoms with van der Waals surface area (Å²) in [6, 6.07) is 3.97. The van der Waals surface area contributed by atoms with E-state index in [4.69, 9.17) is 15.2 Å². The lowest BCUT2D eigenvalue weighted by Gasteiger charge is -2.29. The number of ether oxygens (including phenoxy) is 2. The first-order chi connectivity index (χ1) is 12.9. The summed E-state index contributed by atoms with van der Waals surface area (Å²) in [5.74, 6) is 1.96. The van der Waals surface area contributed by atoms with Gasteiger partial charge in [0.2, 0.25) is 5.91 Å². The third kappa shape index (κ3) is 6.88. The van der Waals surface area contributed by atoms with Gasteiger partial charge in [-0.15, -0.1) is 24.0 Å². The van der Waals surface area contributed by atoms with Gasteiger partial charge in [-0.05, 0) is 43.0 Å². The van der Waals surface area contributed by atoms with Crippen LogP contribution in [0.1, 0.15) is 30.9 Å². The van der Waals surface area contributed by atoms with Crippen LogP contribution in [0.25, 0.3) is 0 Å². The zero-order chi connectivity index (χ0) is 19.8. The molecule has 0 saturated heterocycles. The largest absolute Gasteiger partial charge is 0.493 e. The van der Waals surface area contributed by atoms with E-state index in [1.54, 1.807) is 14.2 Å². The van der Waals surface area contributed by atoms with Crippen molar-refractivity contribution in [3.05, 3.63) is 35.4 Å². The fourth-order valence-electron chi connectivity index (χ4n) is 2.99. The monoisotopic (exact) mass is 502 g/mol. The van der Waals surface area contributed by atoms with Gasteiger partial charge in [0.05, 0.1) is 20.8 Å². The third-order valence-electron chi connectivity index (χ3n) is 4.46. The minimum Gasteiger partial charge on any atom is -0.493 e. The highest BCUT2D eigenvalue weighted by Crippen LogP contribution is 2.33. The number of carbonyl (C=O) groups is 1. The number of halogens is 1. The number of hydrogen-bond acceptors (Lipinski definition) is 4. The maximum Gasteiger partial charge on any atom is 0.222 e. The van der Waals surface area contributed by atoms with Crippen LogP contribution in [0.5, 0.6) is 11.5 Å². The molecule has 1 aliphatic rings. The first-order valence-corrected chi connectivity index (χ1v) is 9.14. The highest BCUT2D eigenvalue weighted by molar-refractivity contribution is 14.0. The molecule has 7 nitrogen and oxygen atoms in total. The van der Waals surface area contributed by atoms with E-state index in [1.165, 1.54) is 5.56 Å². The van der Waals surface area contributed by atoms with Crippen LogP contribution in [0.2, 0.25) is 0 Å². The second kappa shape index (κ2) is 11.8. The van der Waals surface area contributed by atoms with Crippen molar-refractivity contribution < 1.29 is 14.3 Å². The van der Waals surface area contributed by atoms with Crippen molar-refractivity contribution in [2.75, 3.05) is 33.9 Å². The first-order valence-electron chi connectivity index (χ1n) is 9.14. The van der Waals surface area contributed by atoms with Crippen molar-refractivity contribution in [1.82, 2.24) is 10.2 Å². The lowest BCUT2D eigenvalue weighted by molar-refractivity contribution is -0.132. The second-order valence-corrected chi connectivity index (χ2v) is 6.73. The molecule has 0 saturated carbocycles. The van der Waals surface area contributed by atoms with Gasteiger partial charge in [-0.2, -0.15) is 0 Å². The summed E-state index contributed by atoms with van der Waals surface area (Å²) in [7, 11) is 3.25. The highest BCUT2D eigenvalue weighted by atomic mass is 127. The van der Waals surface area contributed by atoms with E-state index >= 15 is 0 Å². The Morgan fingerprint density at radius 3 is 2.54 bits per heavy atom. The molecule has 0 atom stereocenters. The summed E-state index contributed by atoms with van der Waals surface area (Å²) in [4.78, 5) is 18.6. The molecule has 8 heteroatoms. The molecule has 156 valence electrons. The maximum atomic E-state index is 12.5. The number of amides is 1. The molecular formula is C20H31IN4O3. The van der Waals surface area contributed by atoms with Crippen LogP contribution in [0, 0.1) is 0 Å². The van der Waals surface area contributed by atoms with Gasteiger partial charge in [-0.1, -0.05) is 12.2 Å². The molecule has 0 radical (unpaired) electrons. The molecule has 0 aromatic heterocycles. The zero-order valence-electron chi connectivity index (χ0n) is 16.9. The van der Waals surface area contributed by atoms with Crippen LogP contribution >= 0.6 is 24.0 Å². The lowest BCUT2D eigenvalue weighted by atomic mass is 9.98. The van der Waals surface area contributed by atoms with Crippen LogP contribution in [-0.2, 0) is 17.8 Å². The zero-order valence-corrected chi connectivity index (χ0v) is 19.2. The Bertz CT molecular complexity index is 722. The number of rotatable bonds is 8. The van der Waals surface area contributed by atoms with Gasteiger partial charge in [0, 0.05) is 26.1 Å². The van der Waals surface area contributed by atoms with Crippen molar-refractivity contribution in [2.45, 2.75) is 32.7 Å². The Kier molecular flexibility index (Phi) is 10.1. The van der Waals surface area contributed by atoms with E-state index in [-0.39, 0.29) is 29.9 Å². The lowest BCUT2D eigenvalue weighted by Crippen LogP contribution is -2.37. The molecular weight excluding hydrogens is 471 g/mol. The SMILES string of the molecule is C=C(C)CN=C(N)NCCCC(=O)N1CCc2cc(OC)c(OC)cc2C1.I. The van der Waals surface area contributed by atoms with E-state index in [1.807, 2.05) is 24.0 Å². The number of hydrogen-bond donors (Lipinski definition) is 2. The molecule has 2 rings (SSSR count). The van der Waals surface area contributed by atoms with Crippen molar-refractivity contribution in [3.63, 3.8) is 0 Å². The van der Waals surface area contributed by atoms with Crippen molar-refractivity contribution in [1.29, 1.82) is 0 Å². The second-order valence-electron chi connectivity index (χ2n) is 6.73. The van der Waals surface area contributed by atoms with Gasteiger partial charge < -0.3 is 25.4 Å². The van der Waals surface area contributed by atoms with Crippen LogP contribution in [-0.4, -0.2) is 50.6 Å². The molecule has 1 amide bonds. The van der Waals surface area contributed by atoms with Crippen LogP contribution in [0.15, 0.2) is 29.3 Å². The Hall–Kier alpha value is -1.97. The summed E-state index contributed by atoms with van der Waals surface area (Å²) in [6.45, 7) is 8.13. The van der Waals surface area contributed by atoms with Gasteiger partial charge in [-0.25, -0.2) is 4.99 Å².